The maximum absolute atomic E-state index is 10.2. The van der Waals surface area contributed by atoms with Crippen molar-refractivity contribution in [2.75, 3.05) is 13.2 Å². The molecular formula is C21H39ClNO2-. The molecule has 1 unspecified atom stereocenters. The number of para-hydroxylation sites is 1. The van der Waals surface area contributed by atoms with E-state index >= 15 is 0 Å². The molecule has 25 heavy (non-hydrogen) atoms. The van der Waals surface area contributed by atoms with E-state index in [4.69, 9.17) is 4.74 Å². The second kappa shape index (κ2) is 11.8. The molecular weight excluding hydrogens is 334 g/mol. The molecule has 0 bridgehead atoms. The number of β-amino-alcohol motifs (C(OH)–C–C–N with tert-alkyl or cyclic N) is 1. The van der Waals surface area contributed by atoms with Crippen molar-refractivity contribution in [1.29, 1.82) is 0 Å². The van der Waals surface area contributed by atoms with Crippen molar-refractivity contribution in [2.45, 2.75) is 80.4 Å². The van der Waals surface area contributed by atoms with Crippen LogP contribution in [0.5, 0.6) is 5.75 Å². The first-order chi connectivity index (χ1) is 11.0. The smallest absolute Gasteiger partial charge is 0.125 e. The molecule has 1 aromatic carbocycles. The Bertz CT molecular complexity index is 461. The Morgan fingerprint density at radius 3 is 1.96 bits per heavy atom. The lowest BCUT2D eigenvalue weighted by atomic mass is 9.82. The van der Waals surface area contributed by atoms with Crippen LogP contribution in [0.2, 0.25) is 0 Å². The van der Waals surface area contributed by atoms with Crippen molar-refractivity contribution >= 4 is 0 Å². The summed E-state index contributed by atoms with van der Waals surface area (Å²) in [5, 5.41) is 13.6. The Labute approximate surface area is 162 Å². The predicted octanol–water partition coefficient (Wildman–Crippen LogP) is 1.88. The van der Waals surface area contributed by atoms with E-state index in [-0.39, 0.29) is 23.4 Å². The lowest BCUT2D eigenvalue weighted by Crippen LogP contribution is -3.00. The SMILES string of the molecule is CC.Cc1cccc(C)c1OCC(O)CNC(C)(C)CC(C)(C)C.[Cl-]. The first-order valence-corrected chi connectivity index (χ1v) is 9.12. The molecule has 0 aliphatic rings. The van der Waals surface area contributed by atoms with Gasteiger partial charge in [-0.2, -0.15) is 0 Å². The highest BCUT2D eigenvalue weighted by molar-refractivity contribution is 5.39. The van der Waals surface area contributed by atoms with Gasteiger partial charge in [-0.15, -0.1) is 0 Å². The monoisotopic (exact) mass is 372 g/mol. The van der Waals surface area contributed by atoms with E-state index < -0.39 is 6.10 Å². The number of aliphatic hydroxyl groups excluding tert-OH is 1. The summed E-state index contributed by atoms with van der Waals surface area (Å²) in [5.41, 5.74) is 2.47. The first kappa shape index (κ1) is 26.5. The summed E-state index contributed by atoms with van der Waals surface area (Å²) in [6.45, 7) is 20.0. The fourth-order valence-corrected chi connectivity index (χ4v) is 3.05. The number of hydrogen-bond donors (Lipinski definition) is 2. The van der Waals surface area contributed by atoms with Gasteiger partial charge < -0.3 is 27.6 Å². The molecule has 0 heterocycles. The van der Waals surface area contributed by atoms with Crippen molar-refractivity contribution < 1.29 is 22.3 Å². The molecule has 0 amide bonds. The minimum atomic E-state index is -0.516. The van der Waals surface area contributed by atoms with Gasteiger partial charge in [-0.3, -0.25) is 0 Å². The minimum absolute atomic E-state index is 0. The highest BCUT2D eigenvalue weighted by Crippen LogP contribution is 2.26. The lowest BCUT2D eigenvalue weighted by Gasteiger charge is -2.34. The van der Waals surface area contributed by atoms with Gasteiger partial charge in [-0.1, -0.05) is 52.8 Å². The van der Waals surface area contributed by atoms with Crippen LogP contribution in [-0.2, 0) is 0 Å². The summed E-state index contributed by atoms with van der Waals surface area (Å²) in [6, 6.07) is 6.07. The van der Waals surface area contributed by atoms with Crippen LogP contribution in [-0.4, -0.2) is 29.9 Å². The molecule has 0 fully saturated rings. The molecule has 0 aliphatic heterocycles. The second-order valence-electron chi connectivity index (χ2n) is 8.19. The van der Waals surface area contributed by atoms with Crippen LogP contribution >= 0.6 is 0 Å². The third-order valence-corrected chi connectivity index (χ3v) is 3.62. The van der Waals surface area contributed by atoms with E-state index in [1.165, 1.54) is 0 Å². The maximum Gasteiger partial charge on any atom is 0.125 e. The summed E-state index contributed by atoms with van der Waals surface area (Å²) in [6.07, 6.45) is 0.531. The van der Waals surface area contributed by atoms with Crippen molar-refractivity contribution in [3.63, 3.8) is 0 Å². The van der Waals surface area contributed by atoms with Crippen molar-refractivity contribution in [2.24, 2.45) is 5.41 Å². The first-order valence-electron chi connectivity index (χ1n) is 9.12. The van der Waals surface area contributed by atoms with E-state index in [9.17, 15) is 5.11 Å². The molecule has 0 aromatic heterocycles. The molecule has 0 saturated carbocycles. The zero-order valence-electron chi connectivity index (χ0n) is 17.7. The minimum Gasteiger partial charge on any atom is -1.00 e. The highest BCUT2D eigenvalue weighted by Gasteiger charge is 2.25. The van der Waals surface area contributed by atoms with Gasteiger partial charge in [0, 0.05) is 12.1 Å². The quantitative estimate of drug-likeness (QED) is 0.767. The molecule has 1 aromatic rings. The number of aryl methyl sites for hydroxylation is 2. The Balaban J connectivity index is 0. The maximum atomic E-state index is 10.2. The number of hydrogen-bond acceptors (Lipinski definition) is 3. The van der Waals surface area contributed by atoms with Crippen LogP contribution in [0.4, 0.5) is 0 Å². The molecule has 1 rings (SSSR count). The number of aliphatic hydroxyl groups is 1. The number of nitrogens with one attached hydrogen (secondary N) is 1. The Morgan fingerprint density at radius 2 is 1.52 bits per heavy atom. The van der Waals surface area contributed by atoms with Crippen LogP contribution in [0.15, 0.2) is 18.2 Å². The predicted molar refractivity (Wildman–Crippen MR) is 105 cm³/mol. The average Bonchev–Trinajstić information content (AvgIpc) is 2.44. The van der Waals surface area contributed by atoms with Gasteiger partial charge in [0.15, 0.2) is 0 Å². The molecule has 0 spiro atoms. The standard InChI is InChI=1S/C19H33NO2.C2H6.ClH/c1-14-9-8-10-15(2)17(14)22-12-16(21)11-20-19(6,7)13-18(3,4)5;1-2;/h8-10,16,20-21H,11-13H2,1-7H3;1-2H3;1H/p-1. The molecule has 0 aliphatic carbocycles. The zero-order valence-corrected chi connectivity index (χ0v) is 18.4. The van der Waals surface area contributed by atoms with Gasteiger partial charge in [-0.05, 0) is 50.7 Å². The highest BCUT2D eigenvalue weighted by atomic mass is 35.5. The normalized spacial score (nSPS) is 12.6. The fourth-order valence-electron chi connectivity index (χ4n) is 3.05. The molecule has 0 radical (unpaired) electrons. The van der Waals surface area contributed by atoms with Crippen LogP contribution in [0.1, 0.15) is 66.0 Å². The largest absolute Gasteiger partial charge is 1.00 e. The Morgan fingerprint density at radius 1 is 1.04 bits per heavy atom. The number of benzene rings is 1. The topological polar surface area (TPSA) is 41.5 Å². The molecule has 4 heteroatoms. The summed E-state index contributed by atoms with van der Waals surface area (Å²) in [7, 11) is 0. The van der Waals surface area contributed by atoms with Crippen molar-refractivity contribution in [3.8, 4) is 5.75 Å². The fraction of sp³-hybridized carbons (Fsp3) is 0.714. The van der Waals surface area contributed by atoms with Gasteiger partial charge in [0.05, 0.1) is 0 Å². The van der Waals surface area contributed by atoms with Crippen LogP contribution < -0.4 is 22.5 Å². The van der Waals surface area contributed by atoms with Gasteiger partial charge in [-0.25, -0.2) is 0 Å². The molecule has 0 saturated heterocycles. The summed E-state index contributed by atoms with van der Waals surface area (Å²) in [4.78, 5) is 0. The van der Waals surface area contributed by atoms with Crippen molar-refractivity contribution in [3.05, 3.63) is 29.3 Å². The molecule has 1 atom stereocenters. The second-order valence-corrected chi connectivity index (χ2v) is 8.19. The molecule has 3 nitrogen and oxygen atoms in total. The lowest BCUT2D eigenvalue weighted by molar-refractivity contribution is -0.00000871. The number of ether oxygens (including phenoxy) is 1. The third-order valence-electron chi connectivity index (χ3n) is 3.62. The van der Waals surface area contributed by atoms with Crippen LogP contribution in [0.25, 0.3) is 0 Å². The van der Waals surface area contributed by atoms with Crippen LogP contribution in [0, 0.1) is 19.3 Å². The number of rotatable bonds is 7. The van der Waals surface area contributed by atoms with Crippen molar-refractivity contribution in [1.82, 2.24) is 5.32 Å². The summed E-state index contributed by atoms with van der Waals surface area (Å²) < 4.78 is 5.81. The van der Waals surface area contributed by atoms with E-state index in [1.54, 1.807) is 0 Å². The summed E-state index contributed by atoms with van der Waals surface area (Å²) in [5.74, 6) is 0.885. The van der Waals surface area contributed by atoms with E-state index in [2.05, 4.69) is 39.9 Å². The average molecular weight is 373 g/mol. The summed E-state index contributed by atoms with van der Waals surface area (Å²) >= 11 is 0. The van der Waals surface area contributed by atoms with E-state index in [0.717, 1.165) is 23.3 Å². The third kappa shape index (κ3) is 11.5. The van der Waals surface area contributed by atoms with Gasteiger partial charge in [0.2, 0.25) is 0 Å². The van der Waals surface area contributed by atoms with Gasteiger partial charge in [0.25, 0.3) is 0 Å². The number of halogens is 1. The van der Waals surface area contributed by atoms with E-state index in [1.807, 2.05) is 45.9 Å². The van der Waals surface area contributed by atoms with Gasteiger partial charge >= 0.3 is 0 Å². The van der Waals surface area contributed by atoms with E-state index in [0.29, 0.717) is 13.2 Å². The van der Waals surface area contributed by atoms with Crippen LogP contribution in [0.3, 0.4) is 0 Å². The molecule has 2 N–H and O–H groups in total. The zero-order chi connectivity index (χ0) is 19.0. The Kier molecular flexibility index (Phi) is 12.5. The molecule has 148 valence electrons. The van der Waals surface area contributed by atoms with Gasteiger partial charge in [0.1, 0.15) is 18.5 Å². The Hall–Kier alpha value is -0.770.